The number of fused-ring (bicyclic) bond motifs is 3. The lowest BCUT2D eigenvalue weighted by molar-refractivity contribution is -0.246. The third-order valence-corrected chi connectivity index (χ3v) is 5.06. The van der Waals surface area contributed by atoms with E-state index < -0.39 is 17.4 Å². The zero-order valence-electron chi connectivity index (χ0n) is 14.2. The highest BCUT2D eigenvalue weighted by Crippen LogP contribution is 2.57. The molecule has 2 aromatic rings. The van der Waals surface area contributed by atoms with E-state index in [1.165, 1.54) is 18.2 Å². The Morgan fingerprint density at radius 1 is 1.12 bits per heavy atom. The Balaban J connectivity index is 2.09. The average molecular weight is 431 g/mol. The summed E-state index contributed by atoms with van der Waals surface area (Å²) in [4.78, 5) is 0. The molecule has 2 N–H and O–H groups in total. The van der Waals surface area contributed by atoms with Crippen molar-refractivity contribution in [3.63, 3.8) is 0 Å². The van der Waals surface area contributed by atoms with Gasteiger partial charge in [0.15, 0.2) is 0 Å². The molecule has 1 aliphatic carbocycles. The number of halogens is 4. The summed E-state index contributed by atoms with van der Waals surface area (Å²) in [5.74, 6) is 0.190. The predicted octanol–water partition coefficient (Wildman–Crippen LogP) is 4.77. The van der Waals surface area contributed by atoms with Crippen LogP contribution in [0.2, 0.25) is 0 Å². The third kappa shape index (κ3) is 3.12. The molecule has 0 saturated heterocycles. The molecule has 26 heavy (non-hydrogen) atoms. The lowest BCUT2D eigenvalue weighted by Crippen LogP contribution is -2.41. The Kier molecular flexibility index (Phi) is 4.61. The molecule has 0 radical (unpaired) electrons. The largest absolute Gasteiger partial charge is 0.493 e. The molecule has 0 aliphatic heterocycles. The summed E-state index contributed by atoms with van der Waals surface area (Å²) < 4.78 is 47.4. The molecule has 0 saturated carbocycles. The average Bonchev–Trinajstić information content (AvgIpc) is 2.77. The van der Waals surface area contributed by atoms with E-state index in [0.717, 1.165) is 0 Å². The van der Waals surface area contributed by atoms with Gasteiger partial charge in [0.05, 0.1) is 12.2 Å². The molecule has 0 bridgehead atoms. The minimum absolute atomic E-state index is 0.131. The highest BCUT2D eigenvalue weighted by molar-refractivity contribution is 9.10. The number of hydrogen-bond acceptors (Lipinski definition) is 3. The van der Waals surface area contributed by atoms with Crippen LogP contribution in [0.25, 0.3) is 11.1 Å². The van der Waals surface area contributed by atoms with Crippen molar-refractivity contribution in [2.45, 2.75) is 37.6 Å². The molecule has 140 valence electrons. The Labute approximate surface area is 157 Å². The van der Waals surface area contributed by atoms with Gasteiger partial charge < -0.3 is 14.9 Å². The summed E-state index contributed by atoms with van der Waals surface area (Å²) in [6, 6.07) is 8.72. The van der Waals surface area contributed by atoms with Crippen LogP contribution in [0.1, 0.15) is 31.4 Å². The summed E-state index contributed by atoms with van der Waals surface area (Å²) in [6.45, 7) is 3.37. The Hall–Kier alpha value is -1.57. The number of ether oxygens (including phenoxy) is 1. The first kappa shape index (κ1) is 19.2. The molecule has 3 nitrogen and oxygen atoms in total. The second kappa shape index (κ2) is 6.25. The highest BCUT2D eigenvalue weighted by Gasteiger charge is 2.61. The van der Waals surface area contributed by atoms with E-state index in [1.54, 1.807) is 32.0 Å². The molecular weight excluding hydrogens is 413 g/mol. The standard InChI is InChI=1S/C19H18BrF3O3/c1-17(2,24)7-8-26-11-9-14-16(15(20)10-11)12-5-3-4-6-13(12)18(14,25)19(21,22)23/h3-6,9-10,24-25H,7-8H2,1-2H3/t18-/m1/s1. The first-order valence-corrected chi connectivity index (χ1v) is 8.82. The van der Waals surface area contributed by atoms with Crippen molar-refractivity contribution >= 4 is 15.9 Å². The molecule has 2 aromatic carbocycles. The van der Waals surface area contributed by atoms with Gasteiger partial charge in [0.2, 0.25) is 5.60 Å². The minimum atomic E-state index is -4.89. The fourth-order valence-electron chi connectivity index (χ4n) is 3.11. The van der Waals surface area contributed by atoms with E-state index >= 15 is 0 Å². The van der Waals surface area contributed by atoms with Gasteiger partial charge in [-0.1, -0.05) is 40.2 Å². The zero-order chi connectivity index (χ0) is 19.3. The van der Waals surface area contributed by atoms with Crippen LogP contribution < -0.4 is 4.74 Å². The molecule has 1 aliphatic rings. The van der Waals surface area contributed by atoms with Crippen molar-refractivity contribution in [1.29, 1.82) is 0 Å². The quantitative estimate of drug-likeness (QED) is 0.734. The van der Waals surface area contributed by atoms with Crippen molar-refractivity contribution in [3.05, 3.63) is 52.0 Å². The lowest BCUT2D eigenvalue weighted by atomic mass is 9.90. The van der Waals surface area contributed by atoms with Crippen molar-refractivity contribution in [1.82, 2.24) is 0 Å². The molecular formula is C19H18BrF3O3. The van der Waals surface area contributed by atoms with Gasteiger partial charge in [-0.3, -0.25) is 0 Å². The van der Waals surface area contributed by atoms with Gasteiger partial charge in [-0.05, 0) is 31.5 Å². The van der Waals surface area contributed by atoms with Crippen molar-refractivity contribution in [2.24, 2.45) is 0 Å². The van der Waals surface area contributed by atoms with Crippen molar-refractivity contribution in [3.8, 4) is 16.9 Å². The second-order valence-corrected chi connectivity index (χ2v) is 7.85. The molecule has 0 heterocycles. The zero-order valence-corrected chi connectivity index (χ0v) is 15.8. The molecule has 0 fully saturated rings. The van der Waals surface area contributed by atoms with Gasteiger partial charge in [0.25, 0.3) is 0 Å². The van der Waals surface area contributed by atoms with Gasteiger partial charge in [-0.25, -0.2) is 0 Å². The van der Waals surface area contributed by atoms with Gasteiger partial charge in [0.1, 0.15) is 5.75 Å². The molecule has 0 amide bonds. The van der Waals surface area contributed by atoms with E-state index in [1.807, 2.05) is 0 Å². The first-order chi connectivity index (χ1) is 11.9. The number of benzene rings is 2. The summed E-state index contributed by atoms with van der Waals surface area (Å²) in [5, 5.41) is 20.4. The van der Waals surface area contributed by atoms with Crippen LogP contribution in [0.3, 0.4) is 0 Å². The fraction of sp³-hybridized carbons (Fsp3) is 0.368. The van der Waals surface area contributed by atoms with Crippen LogP contribution in [0, 0.1) is 0 Å². The van der Waals surface area contributed by atoms with Crippen LogP contribution in [0.5, 0.6) is 5.75 Å². The van der Waals surface area contributed by atoms with E-state index in [2.05, 4.69) is 15.9 Å². The first-order valence-electron chi connectivity index (χ1n) is 8.03. The summed E-state index contributed by atoms with van der Waals surface area (Å²) in [6.07, 6.45) is -4.58. The Bertz CT molecular complexity index is 843. The normalized spacial score (nSPS) is 19.2. The molecule has 3 rings (SSSR count). The smallest absolute Gasteiger partial charge is 0.425 e. The van der Waals surface area contributed by atoms with Crippen LogP contribution in [0.15, 0.2) is 40.9 Å². The van der Waals surface area contributed by atoms with E-state index in [9.17, 15) is 23.4 Å². The SMILES string of the molecule is CC(C)(O)CCOc1cc(Br)c2c(c1)[C@@](O)(C(F)(F)F)c1ccccc1-2. The van der Waals surface area contributed by atoms with Gasteiger partial charge in [-0.2, -0.15) is 13.2 Å². The van der Waals surface area contributed by atoms with E-state index in [4.69, 9.17) is 4.74 Å². The van der Waals surface area contributed by atoms with E-state index in [-0.39, 0.29) is 23.5 Å². The molecule has 7 heteroatoms. The molecule has 0 aromatic heterocycles. The highest BCUT2D eigenvalue weighted by atomic mass is 79.9. The Morgan fingerprint density at radius 2 is 1.77 bits per heavy atom. The minimum Gasteiger partial charge on any atom is -0.493 e. The van der Waals surface area contributed by atoms with Gasteiger partial charge in [-0.15, -0.1) is 0 Å². The molecule has 1 atom stereocenters. The molecule has 0 spiro atoms. The number of rotatable bonds is 4. The monoisotopic (exact) mass is 430 g/mol. The van der Waals surface area contributed by atoms with Gasteiger partial charge in [0, 0.05) is 27.6 Å². The second-order valence-electron chi connectivity index (χ2n) is 6.99. The summed E-state index contributed by atoms with van der Waals surface area (Å²) in [5.41, 5.74) is -3.88. The maximum absolute atomic E-state index is 13.8. The summed E-state index contributed by atoms with van der Waals surface area (Å²) >= 11 is 3.31. The lowest BCUT2D eigenvalue weighted by Gasteiger charge is -2.28. The van der Waals surface area contributed by atoms with Crippen molar-refractivity contribution < 1.29 is 28.1 Å². The third-order valence-electron chi connectivity index (χ3n) is 4.43. The maximum Gasteiger partial charge on any atom is 0.425 e. The molecule has 0 unspecified atom stereocenters. The Morgan fingerprint density at radius 3 is 2.38 bits per heavy atom. The van der Waals surface area contributed by atoms with Crippen LogP contribution >= 0.6 is 15.9 Å². The van der Waals surface area contributed by atoms with Crippen LogP contribution in [-0.2, 0) is 5.60 Å². The van der Waals surface area contributed by atoms with Crippen molar-refractivity contribution in [2.75, 3.05) is 6.61 Å². The summed E-state index contributed by atoms with van der Waals surface area (Å²) in [7, 11) is 0. The predicted molar refractivity (Wildman–Crippen MR) is 95.0 cm³/mol. The van der Waals surface area contributed by atoms with Crippen LogP contribution in [0.4, 0.5) is 13.2 Å². The van der Waals surface area contributed by atoms with E-state index in [0.29, 0.717) is 22.0 Å². The number of alkyl halides is 3. The maximum atomic E-state index is 13.8. The number of hydrogen-bond donors (Lipinski definition) is 2. The number of aliphatic hydroxyl groups is 2. The van der Waals surface area contributed by atoms with Gasteiger partial charge >= 0.3 is 6.18 Å². The fourth-order valence-corrected chi connectivity index (χ4v) is 3.76. The topological polar surface area (TPSA) is 49.7 Å². The van der Waals surface area contributed by atoms with Crippen LogP contribution in [-0.4, -0.2) is 28.6 Å².